The highest BCUT2D eigenvalue weighted by atomic mass is 35.5. The Bertz CT molecular complexity index is 1140. The number of nitrogens with zero attached hydrogens (tertiary/aromatic N) is 3. The first kappa shape index (κ1) is 20.5. The maximum Gasteiger partial charge on any atom is 0.274 e. The number of aromatic nitrogens is 2. The van der Waals surface area contributed by atoms with Gasteiger partial charge in [0.2, 0.25) is 10.0 Å². The van der Waals surface area contributed by atoms with Crippen molar-refractivity contribution in [2.75, 3.05) is 18.4 Å². The number of hydrogen-bond acceptors (Lipinski definition) is 6. The summed E-state index contributed by atoms with van der Waals surface area (Å²) in [6.07, 6.45) is 4.25. The summed E-state index contributed by atoms with van der Waals surface area (Å²) in [7, 11) is -1.93. The molecule has 1 N–H and O–H groups in total. The van der Waals surface area contributed by atoms with Gasteiger partial charge in [-0.3, -0.25) is 10.1 Å². The predicted molar refractivity (Wildman–Crippen MR) is 116 cm³/mol. The number of rotatable bonds is 5. The van der Waals surface area contributed by atoms with Crippen LogP contribution in [-0.2, 0) is 17.1 Å². The van der Waals surface area contributed by atoms with Crippen molar-refractivity contribution in [1.29, 1.82) is 0 Å². The summed E-state index contributed by atoms with van der Waals surface area (Å²) in [5.41, 5.74) is 0.999. The number of hydrogen-bond donors (Lipinski definition) is 1. The van der Waals surface area contributed by atoms with Crippen LogP contribution in [0.25, 0.3) is 10.6 Å². The topological polar surface area (TPSA) is 84.3 Å². The highest BCUT2D eigenvalue weighted by Crippen LogP contribution is 2.33. The molecule has 0 unspecified atom stereocenters. The lowest BCUT2D eigenvalue weighted by molar-refractivity contribution is 0.101. The van der Waals surface area contributed by atoms with Crippen LogP contribution in [0.5, 0.6) is 0 Å². The molecule has 1 fully saturated rings. The molecule has 0 aliphatic carbocycles. The highest BCUT2D eigenvalue weighted by molar-refractivity contribution is 7.89. The molecule has 0 spiro atoms. The smallest absolute Gasteiger partial charge is 0.274 e. The maximum absolute atomic E-state index is 12.9. The number of sulfonamides is 1. The Morgan fingerprint density at radius 2 is 2.00 bits per heavy atom. The minimum absolute atomic E-state index is 0.139. The molecule has 0 aromatic carbocycles. The second kappa shape index (κ2) is 8.19. The SMILES string of the molecule is Cn1cc(S(=O)(=O)N2CCCCC2)cc1C(=O)Nc1nc(-c2ccc(Cl)s2)cs1. The number of nitrogens with one attached hydrogen (secondary N) is 1. The van der Waals surface area contributed by atoms with Gasteiger partial charge in [0.05, 0.1) is 14.9 Å². The summed E-state index contributed by atoms with van der Waals surface area (Å²) in [6, 6.07) is 5.10. The Balaban J connectivity index is 1.52. The van der Waals surface area contributed by atoms with E-state index in [-0.39, 0.29) is 10.6 Å². The van der Waals surface area contributed by atoms with Crippen molar-refractivity contribution in [2.24, 2.45) is 7.05 Å². The molecule has 3 aromatic heterocycles. The minimum atomic E-state index is -3.59. The lowest BCUT2D eigenvalue weighted by Gasteiger charge is -2.25. The number of thiazole rings is 1. The van der Waals surface area contributed by atoms with Gasteiger partial charge in [-0.25, -0.2) is 13.4 Å². The molecule has 29 heavy (non-hydrogen) atoms. The van der Waals surface area contributed by atoms with Crippen LogP contribution in [0.15, 0.2) is 34.7 Å². The first-order valence-corrected chi connectivity index (χ1v) is 12.5. The molecular weight excluding hydrogens is 452 g/mol. The molecule has 3 aromatic rings. The zero-order valence-corrected chi connectivity index (χ0v) is 18.8. The van der Waals surface area contributed by atoms with E-state index in [0.29, 0.717) is 22.6 Å². The van der Waals surface area contributed by atoms with E-state index in [1.165, 1.54) is 43.8 Å². The quantitative estimate of drug-likeness (QED) is 0.602. The number of carbonyl (C=O) groups excluding carboxylic acids is 1. The Morgan fingerprint density at radius 3 is 2.69 bits per heavy atom. The third-order valence-electron chi connectivity index (χ3n) is 4.72. The fourth-order valence-corrected chi connectivity index (χ4v) is 6.59. The van der Waals surface area contributed by atoms with Crippen LogP contribution in [0, 0.1) is 0 Å². The van der Waals surface area contributed by atoms with Crippen LogP contribution in [0.2, 0.25) is 4.34 Å². The Labute approximate surface area is 182 Å². The van der Waals surface area contributed by atoms with Gasteiger partial charge in [-0.05, 0) is 31.0 Å². The van der Waals surface area contributed by atoms with Gasteiger partial charge in [-0.2, -0.15) is 4.31 Å². The van der Waals surface area contributed by atoms with Crippen molar-refractivity contribution in [3.8, 4) is 10.6 Å². The molecule has 154 valence electrons. The summed E-state index contributed by atoms with van der Waals surface area (Å²) in [5.74, 6) is -0.405. The summed E-state index contributed by atoms with van der Waals surface area (Å²) >= 11 is 8.68. The molecule has 7 nitrogen and oxygen atoms in total. The van der Waals surface area contributed by atoms with Gasteiger partial charge in [0, 0.05) is 31.7 Å². The number of piperidine rings is 1. The zero-order valence-electron chi connectivity index (χ0n) is 15.6. The summed E-state index contributed by atoms with van der Waals surface area (Å²) in [4.78, 5) is 18.2. The van der Waals surface area contributed by atoms with E-state index in [4.69, 9.17) is 11.6 Å². The first-order chi connectivity index (χ1) is 13.8. The van der Waals surface area contributed by atoms with Crippen LogP contribution < -0.4 is 5.32 Å². The van der Waals surface area contributed by atoms with Crippen molar-refractivity contribution >= 4 is 55.3 Å². The van der Waals surface area contributed by atoms with Gasteiger partial charge in [0.15, 0.2) is 5.13 Å². The van der Waals surface area contributed by atoms with Crippen molar-refractivity contribution in [3.05, 3.63) is 39.8 Å². The normalized spacial score (nSPS) is 15.5. The lowest BCUT2D eigenvalue weighted by Crippen LogP contribution is -2.35. The summed E-state index contributed by atoms with van der Waals surface area (Å²) in [5, 5.41) is 5.03. The third-order valence-corrected chi connectivity index (χ3v) is 8.59. The molecule has 11 heteroatoms. The van der Waals surface area contributed by atoms with E-state index < -0.39 is 15.9 Å². The number of anilines is 1. The molecule has 0 bridgehead atoms. The standard InChI is InChI=1S/C18H19ClN4O3S3/c1-22-10-12(29(25,26)23-7-3-2-4-8-23)9-14(22)17(24)21-18-20-13(11-27-18)15-5-6-16(19)28-15/h5-6,9-11H,2-4,7-8H2,1H3,(H,20,21,24). The van der Waals surface area contributed by atoms with Crippen LogP contribution in [-0.4, -0.2) is 41.3 Å². The molecular formula is C18H19ClN4O3S3. The van der Waals surface area contributed by atoms with Crippen molar-refractivity contribution in [2.45, 2.75) is 24.2 Å². The molecule has 4 rings (SSSR count). The molecule has 1 amide bonds. The summed E-state index contributed by atoms with van der Waals surface area (Å²) in [6.45, 7) is 1.04. The van der Waals surface area contributed by atoms with E-state index in [1.807, 2.05) is 11.4 Å². The molecule has 1 aliphatic rings. The van der Waals surface area contributed by atoms with Crippen LogP contribution >= 0.6 is 34.3 Å². The van der Waals surface area contributed by atoms with E-state index >= 15 is 0 Å². The predicted octanol–water partition coefficient (Wildman–Crippen LogP) is 4.29. The van der Waals surface area contributed by atoms with E-state index in [1.54, 1.807) is 13.1 Å². The average Bonchev–Trinajstić information content (AvgIpc) is 3.42. The van der Waals surface area contributed by atoms with Gasteiger partial charge in [0.1, 0.15) is 10.6 Å². The second-order valence-electron chi connectivity index (χ2n) is 6.73. The minimum Gasteiger partial charge on any atom is -0.345 e. The van der Waals surface area contributed by atoms with Gasteiger partial charge >= 0.3 is 0 Å². The number of carbonyl (C=O) groups is 1. The van der Waals surface area contributed by atoms with Crippen molar-refractivity contribution in [1.82, 2.24) is 13.9 Å². The fraction of sp³-hybridized carbons (Fsp3) is 0.333. The molecule has 1 saturated heterocycles. The average molecular weight is 471 g/mol. The monoisotopic (exact) mass is 470 g/mol. The van der Waals surface area contributed by atoms with Crippen LogP contribution in [0.3, 0.4) is 0 Å². The maximum atomic E-state index is 12.9. The van der Waals surface area contributed by atoms with E-state index in [0.717, 1.165) is 29.8 Å². The van der Waals surface area contributed by atoms with Crippen LogP contribution in [0.4, 0.5) is 5.13 Å². The number of halogens is 1. The Hall–Kier alpha value is -1.72. The van der Waals surface area contributed by atoms with Gasteiger partial charge in [-0.1, -0.05) is 18.0 Å². The fourth-order valence-electron chi connectivity index (χ4n) is 3.21. The highest BCUT2D eigenvalue weighted by Gasteiger charge is 2.28. The van der Waals surface area contributed by atoms with Crippen molar-refractivity contribution in [3.63, 3.8) is 0 Å². The zero-order chi connectivity index (χ0) is 20.6. The Kier molecular flexibility index (Phi) is 5.80. The van der Waals surface area contributed by atoms with Gasteiger partial charge in [-0.15, -0.1) is 22.7 Å². The largest absolute Gasteiger partial charge is 0.345 e. The molecule has 0 atom stereocenters. The van der Waals surface area contributed by atoms with E-state index in [9.17, 15) is 13.2 Å². The molecule has 1 aliphatic heterocycles. The van der Waals surface area contributed by atoms with Gasteiger partial charge < -0.3 is 4.57 Å². The van der Waals surface area contributed by atoms with Gasteiger partial charge in [0.25, 0.3) is 5.91 Å². The van der Waals surface area contributed by atoms with Crippen LogP contribution in [0.1, 0.15) is 29.8 Å². The molecule has 4 heterocycles. The first-order valence-electron chi connectivity index (χ1n) is 9.04. The lowest BCUT2D eigenvalue weighted by atomic mass is 10.2. The Morgan fingerprint density at radius 1 is 1.24 bits per heavy atom. The number of aryl methyl sites for hydroxylation is 1. The van der Waals surface area contributed by atoms with E-state index in [2.05, 4.69) is 10.3 Å². The van der Waals surface area contributed by atoms with Crippen molar-refractivity contribution < 1.29 is 13.2 Å². The molecule has 0 saturated carbocycles. The summed E-state index contributed by atoms with van der Waals surface area (Å²) < 4.78 is 29.4. The number of amides is 1. The molecule has 0 radical (unpaired) electrons. The third kappa shape index (κ3) is 4.26. The second-order valence-corrected chi connectivity index (χ2v) is 11.2. The number of thiophene rings is 1.